The van der Waals surface area contributed by atoms with E-state index in [0.29, 0.717) is 5.75 Å². The summed E-state index contributed by atoms with van der Waals surface area (Å²) in [6.45, 7) is 3.56. The van der Waals surface area contributed by atoms with E-state index >= 15 is 0 Å². The molecule has 0 aliphatic rings. The largest absolute Gasteiger partial charge is 0.482 e. The van der Waals surface area contributed by atoms with Crippen LogP contribution >= 0.6 is 11.8 Å². The summed E-state index contributed by atoms with van der Waals surface area (Å²) >= 11 is 1.65. The van der Waals surface area contributed by atoms with Gasteiger partial charge in [0.25, 0.3) is 0 Å². The molecule has 31 heavy (non-hydrogen) atoms. The lowest BCUT2D eigenvalue weighted by atomic mass is 10.0. The third-order valence-corrected chi connectivity index (χ3v) is 5.89. The summed E-state index contributed by atoms with van der Waals surface area (Å²) < 4.78 is 43.4. The Morgan fingerprint density at radius 3 is 2.10 bits per heavy atom. The van der Waals surface area contributed by atoms with E-state index < -0.39 is 17.7 Å². The molecule has 0 spiro atoms. The van der Waals surface area contributed by atoms with E-state index in [1.807, 2.05) is 43.3 Å². The summed E-state index contributed by atoms with van der Waals surface area (Å²) in [6, 6.07) is 18.5. The second-order valence-electron chi connectivity index (χ2n) is 7.07. The van der Waals surface area contributed by atoms with Crippen molar-refractivity contribution in [2.75, 3.05) is 6.61 Å². The second-order valence-corrected chi connectivity index (χ2v) is 8.48. The zero-order chi connectivity index (χ0) is 22.6. The molecule has 1 atom stereocenters. The Kier molecular flexibility index (Phi) is 6.95. The Morgan fingerprint density at radius 1 is 1.00 bits per heavy atom. The van der Waals surface area contributed by atoms with Gasteiger partial charge >= 0.3 is 12.1 Å². The van der Waals surface area contributed by atoms with Crippen LogP contribution in [0.25, 0.3) is 11.1 Å². The van der Waals surface area contributed by atoms with Crippen molar-refractivity contribution in [1.29, 1.82) is 0 Å². The van der Waals surface area contributed by atoms with Crippen molar-refractivity contribution in [3.8, 4) is 16.9 Å². The van der Waals surface area contributed by atoms with E-state index in [1.165, 1.54) is 12.1 Å². The fourth-order valence-corrected chi connectivity index (χ4v) is 4.16. The zero-order valence-electron chi connectivity index (χ0n) is 16.9. The Morgan fingerprint density at radius 2 is 1.58 bits per heavy atom. The van der Waals surface area contributed by atoms with E-state index in [4.69, 9.17) is 9.84 Å². The molecule has 3 aromatic carbocycles. The van der Waals surface area contributed by atoms with Crippen LogP contribution in [0.1, 0.15) is 28.9 Å². The summed E-state index contributed by atoms with van der Waals surface area (Å²) in [5.74, 6) is -0.480. The number of aliphatic carboxylic acids is 1. The molecule has 0 saturated carbocycles. The van der Waals surface area contributed by atoms with Crippen LogP contribution in [-0.4, -0.2) is 17.7 Å². The molecule has 0 amide bonds. The van der Waals surface area contributed by atoms with Crippen LogP contribution in [0.2, 0.25) is 0 Å². The molecule has 3 nitrogen and oxygen atoms in total. The molecule has 0 bridgehead atoms. The Balaban J connectivity index is 1.67. The fraction of sp³-hybridized carbons (Fsp3) is 0.208. The van der Waals surface area contributed by atoms with Crippen molar-refractivity contribution in [2.24, 2.45) is 0 Å². The molecule has 0 aromatic heterocycles. The molecule has 0 aliphatic heterocycles. The number of halogens is 3. The zero-order valence-corrected chi connectivity index (χ0v) is 17.8. The number of hydrogen-bond donors (Lipinski definition) is 1. The quantitative estimate of drug-likeness (QED) is 0.397. The highest BCUT2D eigenvalue weighted by atomic mass is 32.2. The first-order valence-corrected chi connectivity index (χ1v) is 10.4. The van der Waals surface area contributed by atoms with Crippen LogP contribution in [0.4, 0.5) is 13.2 Å². The SMILES string of the molecule is Cc1cc(SC(C)c2ccc(-c3ccc(C(F)(F)F)cc3)cc2)ccc1OCC(=O)O. The van der Waals surface area contributed by atoms with Gasteiger partial charge in [0.1, 0.15) is 5.75 Å². The average molecular weight is 446 g/mol. The molecule has 0 radical (unpaired) electrons. The van der Waals surface area contributed by atoms with Crippen LogP contribution in [0.15, 0.2) is 71.6 Å². The average Bonchev–Trinajstić information content (AvgIpc) is 2.72. The fourth-order valence-electron chi connectivity index (χ4n) is 3.07. The number of carboxylic acids is 1. The van der Waals surface area contributed by atoms with Gasteiger partial charge in [-0.2, -0.15) is 13.2 Å². The molecule has 3 rings (SSSR count). The van der Waals surface area contributed by atoms with Crippen LogP contribution < -0.4 is 4.74 Å². The van der Waals surface area contributed by atoms with E-state index in [2.05, 4.69) is 6.92 Å². The summed E-state index contributed by atoms with van der Waals surface area (Å²) in [5, 5.41) is 8.87. The number of rotatable bonds is 7. The van der Waals surface area contributed by atoms with Crippen molar-refractivity contribution in [3.63, 3.8) is 0 Å². The summed E-state index contributed by atoms with van der Waals surface area (Å²) in [5.41, 5.74) is 2.87. The number of carboxylic acid groups (broad SMARTS) is 1. The van der Waals surface area contributed by atoms with Gasteiger partial charge in [0, 0.05) is 10.1 Å². The molecule has 1 N–H and O–H groups in total. The first-order valence-electron chi connectivity index (χ1n) is 9.53. The monoisotopic (exact) mass is 446 g/mol. The maximum absolute atomic E-state index is 12.7. The number of hydrogen-bond acceptors (Lipinski definition) is 3. The summed E-state index contributed by atoms with van der Waals surface area (Å²) in [7, 11) is 0. The number of ether oxygens (including phenoxy) is 1. The highest BCUT2D eigenvalue weighted by Gasteiger charge is 2.29. The smallest absolute Gasteiger partial charge is 0.416 e. The van der Waals surface area contributed by atoms with Crippen LogP contribution in [0.3, 0.4) is 0 Å². The molecule has 162 valence electrons. The van der Waals surface area contributed by atoms with Crippen molar-refractivity contribution < 1.29 is 27.8 Å². The molecule has 0 saturated heterocycles. The predicted octanol–water partition coefficient (Wildman–Crippen LogP) is 7.00. The Bertz CT molecular complexity index is 1050. The van der Waals surface area contributed by atoms with E-state index in [-0.39, 0.29) is 11.9 Å². The van der Waals surface area contributed by atoms with Gasteiger partial charge in [-0.25, -0.2) is 4.79 Å². The first kappa shape index (κ1) is 22.7. The molecule has 0 aliphatic carbocycles. The summed E-state index contributed by atoms with van der Waals surface area (Å²) in [4.78, 5) is 11.7. The van der Waals surface area contributed by atoms with Crippen molar-refractivity contribution in [2.45, 2.75) is 30.2 Å². The van der Waals surface area contributed by atoms with Gasteiger partial charge in [-0.1, -0.05) is 36.4 Å². The lowest BCUT2D eigenvalue weighted by molar-refractivity contribution is -0.139. The highest BCUT2D eigenvalue weighted by Crippen LogP contribution is 2.37. The minimum Gasteiger partial charge on any atom is -0.482 e. The van der Waals surface area contributed by atoms with Crippen LogP contribution in [0, 0.1) is 6.92 Å². The van der Waals surface area contributed by atoms with Gasteiger partial charge in [-0.05, 0) is 66.4 Å². The topological polar surface area (TPSA) is 46.5 Å². The first-order chi connectivity index (χ1) is 14.6. The van der Waals surface area contributed by atoms with Gasteiger partial charge in [-0.3, -0.25) is 0 Å². The maximum Gasteiger partial charge on any atom is 0.416 e. The lowest BCUT2D eigenvalue weighted by Crippen LogP contribution is -2.10. The minimum atomic E-state index is -4.34. The normalized spacial score (nSPS) is 12.4. The van der Waals surface area contributed by atoms with Gasteiger partial charge in [0.15, 0.2) is 6.61 Å². The third-order valence-electron chi connectivity index (χ3n) is 4.74. The molecule has 3 aromatic rings. The second kappa shape index (κ2) is 9.47. The Labute approximate surface area is 182 Å². The van der Waals surface area contributed by atoms with Crippen molar-refractivity contribution in [1.82, 2.24) is 0 Å². The molecular formula is C24H21F3O3S. The molecule has 1 unspecified atom stereocenters. The molecule has 0 heterocycles. The van der Waals surface area contributed by atoms with Gasteiger partial charge in [0.2, 0.25) is 0 Å². The van der Waals surface area contributed by atoms with Crippen molar-refractivity contribution >= 4 is 17.7 Å². The summed E-state index contributed by atoms with van der Waals surface area (Å²) in [6.07, 6.45) is -4.34. The number of alkyl halides is 3. The lowest BCUT2D eigenvalue weighted by Gasteiger charge is -2.14. The van der Waals surface area contributed by atoms with Gasteiger partial charge in [0.05, 0.1) is 5.56 Å². The Hall–Kier alpha value is -2.93. The molecular weight excluding hydrogens is 425 g/mol. The minimum absolute atomic E-state index is 0.145. The van der Waals surface area contributed by atoms with Gasteiger partial charge < -0.3 is 9.84 Å². The number of thioether (sulfide) groups is 1. The standard InChI is InChI=1S/C24H21F3O3S/c1-15-13-21(11-12-22(15)30-14-23(28)29)31-16(2)17-3-5-18(6-4-17)19-7-9-20(10-8-19)24(25,26)27/h3-13,16H,14H2,1-2H3,(H,28,29). The number of aryl methyl sites for hydroxylation is 1. The maximum atomic E-state index is 12.7. The number of benzene rings is 3. The van der Waals surface area contributed by atoms with E-state index in [9.17, 15) is 18.0 Å². The van der Waals surface area contributed by atoms with Gasteiger partial charge in [-0.15, -0.1) is 11.8 Å². The predicted molar refractivity (Wildman–Crippen MR) is 115 cm³/mol. The molecule has 0 fully saturated rings. The third kappa shape index (κ3) is 6.04. The van der Waals surface area contributed by atoms with Crippen LogP contribution in [0.5, 0.6) is 5.75 Å². The van der Waals surface area contributed by atoms with E-state index in [1.54, 1.807) is 17.8 Å². The van der Waals surface area contributed by atoms with E-state index in [0.717, 1.165) is 39.3 Å². The molecule has 7 heteroatoms. The van der Waals surface area contributed by atoms with Crippen molar-refractivity contribution in [3.05, 3.63) is 83.4 Å². The highest BCUT2D eigenvalue weighted by molar-refractivity contribution is 7.99. The van der Waals surface area contributed by atoms with Crippen LogP contribution in [-0.2, 0) is 11.0 Å². The number of carbonyl (C=O) groups is 1.